The van der Waals surface area contributed by atoms with E-state index in [-0.39, 0.29) is 5.83 Å². The molecule has 0 spiro atoms. The van der Waals surface area contributed by atoms with Gasteiger partial charge in [0.05, 0.1) is 6.61 Å². The lowest BCUT2D eigenvalue weighted by atomic mass is 9.96. The second-order valence-electron chi connectivity index (χ2n) is 5.88. The lowest BCUT2D eigenvalue weighted by molar-refractivity contribution is 0.182. The molecule has 0 amide bonds. The third-order valence-corrected chi connectivity index (χ3v) is 4.02. The highest BCUT2D eigenvalue weighted by Gasteiger charge is 2.11. The van der Waals surface area contributed by atoms with Crippen LogP contribution in [-0.2, 0) is 4.74 Å². The molecule has 0 bridgehead atoms. The van der Waals surface area contributed by atoms with Crippen LogP contribution in [0.15, 0.2) is 35.9 Å². The van der Waals surface area contributed by atoms with Crippen molar-refractivity contribution in [1.29, 1.82) is 0 Å². The van der Waals surface area contributed by atoms with Crippen LogP contribution in [-0.4, -0.2) is 13.2 Å². The van der Waals surface area contributed by atoms with Crippen molar-refractivity contribution in [3.8, 4) is 0 Å². The second-order valence-corrected chi connectivity index (χ2v) is 5.88. The molecule has 0 aromatic heterocycles. The van der Waals surface area contributed by atoms with Gasteiger partial charge in [0, 0.05) is 0 Å². The minimum absolute atomic E-state index is 0.234. The summed E-state index contributed by atoms with van der Waals surface area (Å²) in [6.45, 7) is 5.62. The molecule has 1 aliphatic carbocycles. The van der Waals surface area contributed by atoms with Crippen molar-refractivity contribution in [2.75, 3.05) is 13.2 Å². The minimum atomic E-state index is -0.234. The Morgan fingerprint density at radius 1 is 1.38 bits per heavy atom. The fourth-order valence-electron chi connectivity index (χ4n) is 2.46. The lowest BCUT2D eigenvalue weighted by Gasteiger charge is -2.16. The first kappa shape index (κ1) is 18.0. The summed E-state index contributed by atoms with van der Waals surface area (Å²) in [5.74, 6) is 1.16. The Balaban J connectivity index is 2.38. The van der Waals surface area contributed by atoms with Crippen molar-refractivity contribution < 1.29 is 9.13 Å². The van der Waals surface area contributed by atoms with Gasteiger partial charge in [-0.25, -0.2) is 4.39 Å². The summed E-state index contributed by atoms with van der Waals surface area (Å²) in [5, 5.41) is 0. The Hall–Kier alpha value is -1.09. The molecular weight excluding hydrogens is 265 g/mol. The molecule has 2 N–H and O–H groups in total. The van der Waals surface area contributed by atoms with Crippen molar-refractivity contribution in [3.63, 3.8) is 0 Å². The number of allylic oxidation sites excluding steroid dienone is 5. The number of rotatable bonds is 9. The zero-order valence-electron chi connectivity index (χ0n) is 13.5. The van der Waals surface area contributed by atoms with Crippen LogP contribution in [0.4, 0.5) is 4.39 Å². The standard InChI is InChI=1S/C18H30FNO/c1-3-16(8-4-5-13-20)12-14-21-18-9-6-7-15(2)10-11-17(18)19/h6-7,9,11,15-16H,3-5,8,10,12-14,20H2,1-2H3/b7-6-,17-11?,18-9?. The van der Waals surface area contributed by atoms with Gasteiger partial charge >= 0.3 is 0 Å². The van der Waals surface area contributed by atoms with Crippen LogP contribution in [0.1, 0.15) is 52.4 Å². The molecule has 1 rings (SSSR count). The third-order valence-electron chi connectivity index (χ3n) is 4.02. The van der Waals surface area contributed by atoms with Crippen molar-refractivity contribution in [2.45, 2.75) is 52.4 Å². The van der Waals surface area contributed by atoms with Crippen molar-refractivity contribution >= 4 is 0 Å². The fraction of sp³-hybridized carbons (Fsp3) is 0.667. The van der Waals surface area contributed by atoms with Gasteiger partial charge in [0.25, 0.3) is 0 Å². The Labute approximate surface area is 128 Å². The van der Waals surface area contributed by atoms with Gasteiger partial charge < -0.3 is 10.5 Å². The molecule has 0 fully saturated rings. The van der Waals surface area contributed by atoms with Crippen LogP contribution < -0.4 is 5.73 Å². The SMILES string of the molecule is CCC(CCCCN)CCOC1=C/C=C\C(C)CC=C1F. The highest BCUT2D eigenvalue weighted by molar-refractivity contribution is 5.26. The van der Waals surface area contributed by atoms with E-state index in [1.807, 2.05) is 6.08 Å². The first-order valence-corrected chi connectivity index (χ1v) is 8.24. The highest BCUT2D eigenvalue weighted by atomic mass is 19.1. The van der Waals surface area contributed by atoms with E-state index in [0.29, 0.717) is 24.2 Å². The Kier molecular flexibility index (Phi) is 9.07. The zero-order valence-corrected chi connectivity index (χ0v) is 13.5. The minimum Gasteiger partial charge on any atom is -0.491 e. The summed E-state index contributed by atoms with van der Waals surface area (Å²) in [5.41, 5.74) is 5.52. The van der Waals surface area contributed by atoms with Gasteiger partial charge in [-0.15, -0.1) is 0 Å². The molecule has 0 saturated carbocycles. The van der Waals surface area contributed by atoms with Crippen LogP contribution in [0, 0.1) is 11.8 Å². The number of hydrogen-bond donors (Lipinski definition) is 1. The quantitative estimate of drug-likeness (QED) is 0.615. The summed E-state index contributed by atoms with van der Waals surface area (Å²) in [6, 6.07) is 0. The maximum atomic E-state index is 13.9. The van der Waals surface area contributed by atoms with E-state index in [1.54, 1.807) is 12.2 Å². The first-order valence-electron chi connectivity index (χ1n) is 8.24. The molecular formula is C18H30FNO. The molecule has 0 aromatic rings. The van der Waals surface area contributed by atoms with E-state index in [0.717, 1.165) is 32.2 Å². The van der Waals surface area contributed by atoms with Gasteiger partial charge in [0.15, 0.2) is 11.6 Å². The smallest absolute Gasteiger partial charge is 0.161 e. The van der Waals surface area contributed by atoms with Crippen molar-refractivity contribution in [1.82, 2.24) is 0 Å². The molecule has 2 atom stereocenters. The molecule has 3 heteroatoms. The highest BCUT2D eigenvalue weighted by Crippen LogP contribution is 2.22. The molecule has 2 unspecified atom stereocenters. The summed E-state index contributed by atoms with van der Waals surface area (Å²) >= 11 is 0. The number of nitrogens with two attached hydrogens (primary N) is 1. The summed E-state index contributed by atoms with van der Waals surface area (Å²) in [4.78, 5) is 0. The first-order chi connectivity index (χ1) is 10.2. The largest absolute Gasteiger partial charge is 0.491 e. The molecule has 21 heavy (non-hydrogen) atoms. The maximum Gasteiger partial charge on any atom is 0.161 e. The lowest BCUT2D eigenvalue weighted by Crippen LogP contribution is -2.07. The topological polar surface area (TPSA) is 35.2 Å². The summed E-state index contributed by atoms with van der Waals surface area (Å²) in [7, 11) is 0. The molecule has 2 nitrogen and oxygen atoms in total. The summed E-state index contributed by atoms with van der Waals surface area (Å²) < 4.78 is 19.6. The van der Waals surface area contributed by atoms with E-state index >= 15 is 0 Å². The molecule has 0 saturated heterocycles. The Bertz CT molecular complexity index is 373. The van der Waals surface area contributed by atoms with Gasteiger partial charge in [-0.2, -0.15) is 0 Å². The average Bonchev–Trinajstić information content (AvgIpc) is 2.48. The van der Waals surface area contributed by atoms with Crippen LogP contribution in [0.25, 0.3) is 0 Å². The van der Waals surface area contributed by atoms with Gasteiger partial charge in [0.2, 0.25) is 0 Å². The maximum absolute atomic E-state index is 13.9. The Morgan fingerprint density at radius 3 is 2.90 bits per heavy atom. The number of ether oxygens (including phenoxy) is 1. The van der Waals surface area contributed by atoms with E-state index in [4.69, 9.17) is 10.5 Å². The number of hydrogen-bond acceptors (Lipinski definition) is 2. The monoisotopic (exact) mass is 295 g/mol. The second kappa shape index (κ2) is 10.6. The van der Waals surface area contributed by atoms with Crippen LogP contribution in [0.3, 0.4) is 0 Å². The van der Waals surface area contributed by atoms with Crippen LogP contribution >= 0.6 is 0 Å². The van der Waals surface area contributed by atoms with Crippen LogP contribution in [0.5, 0.6) is 0 Å². The summed E-state index contributed by atoms with van der Waals surface area (Å²) in [6.07, 6.45) is 13.6. The van der Waals surface area contributed by atoms with Gasteiger partial charge in [0.1, 0.15) is 0 Å². The molecule has 0 heterocycles. The van der Waals surface area contributed by atoms with E-state index in [1.165, 1.54) is 12.8 Å². The molecule has 120 valence electrons. The van der Waals surface area contributed by atoms with Gasteiger partial charge in [-0.3, -0.25) is 0 Å². The fourth-order valence-corrected chi connectivity index (χ4v) is 2.46. The predicted molar refractivity (Wildman–Crippen MR) is 87.5 cm³/mol. The van der Waals surface area contributed by atoms with Gasteiger partial charge in [-0.1, -0.05) is 45.3 Å². The van der Waals surface area contributed by atoms with E-state index in [9.17, 15) is 4.39 Å². The molecule has 1 aliphatic rings. The third kappa shape index (κ3) is 7.47. The van der Waals surface area contributed by atoms with Gasteiger partial charge in [-0.05, 0) is 49.8 Å². The predicted octanol–water partition coefficient (Wildman–Crippen LogP) is 4.88. The average molecular weight is 295 g/mol. The van der Waals surface area contributed by atoms with E-state index in [2.05, 4.69) is 19.9 Å². The molecule has 0 aromatic carbocycles. The van der Waals surface area contributed by atoms with Crippen molar-refractivity contribution in [3.05, 3.63) is 35.9 Å². The van der Waals surface area contributed by atoms with Crippen molar-refractivity contribution in [2.24, 2.45) is 17.6 Å². The zero-order chi connectivity index (χ0) is 15.5. The van der Waals surface area contributed by atoms with E-state index < -0.39 is 0 Å². The number of unbranched alkanes of at least 4 members (excludes halogenated alkanes) is 1. The normalized spacial score (nSPS) is 21.8. The number of halogens is 1. The molecule has 0 radical (unpaired) electrons. The molecule has 0 aliphatic heterocycles. The Morgan fingerprint density at radius 2 is 2.19 bits per heavy atom. The van der Waals surface area contributed by atoms with Crippen LogP contribution in [0.2, 0.25) is 0 Å².